The topological polar surface area (TPSA) is 0 Å². The second kappa shape index (κ2) is 9.30. The molecule has 0 saturated heterocycles. The van der Waals surface area contributed by atoms with E-state index in [9.17, 15) is 0 Å². The van der Waals surface area contributed by atoms with Crippen molar-refractivity contribution in [3.05, 3.63) is 132 Å². The first-order valence-corrected chi connectivity index (χ1v) is 16.6. The molecule has 9 aromatic carbocycles. The van der Waals surface area contributed by atoms with Gasteiger partial charge in [-0.2, -0.15) is 0 Å². The number of hydrogen-bond donors (Lipinski definition) is 0. The normalized spacial score (nSPS) is 13.0. The second-order valence-electron chi connectivity index (χ2n) is 15.3. The Morgan fingerprint density at radius 2 is 0.587 bits per heavy atom. The van der Waals surface area contributed by atoms with Crippen LogP contribution in [-0.4, -0.2) is 0 Å². The minimum atomic E-state index is -0.0772. The summed E-state index contributed by atoms with van der Waals surface area (Å²) in [6.45, 7) is 14.4. The van der Waals surface area contributed by atoms with Crippen LogP contribution in [-0.2, 0) is 10.8 Å². The molecule has 0 heteroatoms. The van der Waals surface area contributed by atoms with Crippen LogP contribution in [0.15, 0.2) is 121 Å². The molecule has 0 N–H and O–H groups in total. The summed E-state index contributed by atoms with van der Waals surface area (Å²) in [5, 5.41) is 21.5. The smallest absolute Gasteiger partial charge is 0.000753 e. The summed E-state index contributed by atoms with van der Waals surface area (Å²) in [4.78, 5) is 0. The first kappa shape index (κ1) is 27.4. The Balaban J connectivity index is 1.77. The van der Waals surface area contributed by atoms with Crippen molar-refractivity contribution in [3.63, 3.8) is 0 Å². The lowest BCUT2D eigenvalue weighted by atomic mass is 9.71. The minimum absolute atomic E-state index is 0.0772. The van der Waals surface area contributed by atoms with Gasteiger partial charge in [-0.1, -0.05) is 163 Å². The van der Waals surface area contributed by atoms with Gasteiger partial charge in [0.2, 0.25) is 0 Å². The summed E-state index contributed by atoms with van der Waals surface area (Å²) in [6, 6.07) is 45.9. The average Bonchev–Trinajstić information content (AvgIpc) is 3.05. The molecule has 0 bridgehead atoms. The maximum atomic E-state index is 2.44. The third-order valence-electron chi connectivity index (χ3n) is 10.3. The van der Waals surface area contributed by atoms with Crippen LogP contribution >= 0.6 is 0 Å². The highest BCUT2D eigenvalue weighted by atomic mass is 14.3. The molecule has 0 fully saturated rings. The Labute approximate surface area is 270 Å². The molecular weight excluding hydrogens is 553 g/mol. The van der Waals surface area contributed by atoms with Gasteiger partial charge >= 0.3 is 0 Å². The van der Waals surface area contributed by atoms with Crippen molar-refractivity contribution in [2.45, 2.75) is 52.4 Å². The number of rotatable bonds is 0. The van der Waals surface area contributed by atoms with Crippen LogP contribution in [0.2, 0.25) is 0 Å². The van der Waals surface area contributed by atoms with Gasteiger partial charge in [0, 0.05) is 0 Å². The van der Waals surface area contributed by atoms with Gasteiger partial charge in [0.25, 0.3) is 0 Å². The van der Waals surface area contributed by atoms with Crippen molar-refractivity contribution in [1.82, 2.24) is 0 Å². The van der Waals surface area contributed by atoms with Crippen molar-refractivity contribution in [3.8, 4) is 0 Å². The fourth-order valence-corrected chi connectivity index (χ4v) is 8.67. The van der Waals surface area contributed by atoms with Gasteiger partial charge in [-0.3, -0.25) is 0 Å². The van der Waals surface area contributed by atoms with Gasteiger partial charge in [-0.15, -0.1) is 0 Å². The van der Waals surface area contributed by atoms with Gasteiger partial charge in [0.05, 0.1) is 0 Å². The van der Waals surface area contributed by atoms with Gasteiger partial charge in [0.1, 0.15) is 0 Å². The minimum Gasteiger partial charge on any atom is -0.0616 e. The number of fused-ring (bicyclic) bond motifs is 15. The van der Waals surface area contributed by atoms with Crippen LogP contribution in [0, 0.1) is 0 Å². The molecule has 0 spiro atoms. The maximum Gasteiger partial charge on any atom is -0.000753 e. The van der Waals surface area contributed by atoms with Crippen LogP contribution < -0.4 is 0 Å². The Morgan fingerprint density at radius 1 is 0.261 bits per heavy atom. The first-order chi connectivity index (χ1) is 22.1. The summed E-state index contributed by atoms with van der Waals surface area (Å²) in [6.07, 6.45) is 0. The van der Waals surface area contributed by atoms with E-state index in [-0.39, 0.29) is 10.8 Å². The second-order valence-corrected chi connectivity index (χ2v) is 15.3. The average molecular weight is 591 g/mol. The SMILES string of the molecule is CC(C)(C)c1c2ccccc2c(C(C)(C)C)c2c3ccc4ccc5ccccc5c4c3c3c(ccc4ccc5ccccc5c43)c12. The molecule has 0 aliphatic heterocycles. The van der Waals surface area contributed by atoms with Crippen molar-refractivity contribution in [1.29, 1.82) is 0 Å². The highest BCUT2D eigenvalue weighted by Crippen LogP contribution is 2.52. The van der Waals surface area contributed by atoms with Crippen molar-refractivity contribution in [2.75, 3.05) is 0 Å². The van der Waals surface area contributed by atoms with Crippen molar-refractivity contribution < 1.29 is 0 Å². The molecule has 0 aliphatic rings. The molecule has 0 nitrogen and oxygen atoms in total. The monoisotopic (exact) mass is 590 g/mol. The zero-order valence-electron chi connectivity index (χ0n) is 27.5. The van der Waals surface area contributed by atoms with Gasteiger partial charge < -0.3 is 0 Å². The van der Waals surface area contributed by atoms with E-state index in [4.69, 9.17) is 0 Å². The molecule has 0 unspecified atom stereocenters. The van der Waals surface area contributed by atoms with E-state index in [2.05, 4.69) is 163 Å². The lowest BCUT2D eigenvalue weighted by molar-refractivity contribution is 0.594. The predicted octanol–water partition coefficient (Wildman–Crippen LogP) is 13.5. The predicted molar refractivity (Wildman–Crippen MR) is 204 cm³/mol. The maximum absolute atomic E-state index is 2.44. The highest BCUT2D eigenvalue weighted by molar-refractivity contribution is 6.42. The molecular formula is C46H38. The molecule has 9 rings (SSSR count). The molecule has 0 atom stereocenters. The molecule has 0 aromatic heterocycles. The highest BCUT2D eigenvalue weighted by Gasteiger charge is 2.30. The lowest BCUT2D eigenvalue weighted by Crippen LogP contribution is -2.18. The zero-order chi connectivity index (χ0) is 31.5. The standard InChI is InChI=1S/C46H38/c1-45(2,3)43-33-17-11-12-18-34(33)44(46(4,5)6)42-36-26-24-30-22-20-28-14-8-10-16-32(28)38(30)40(36)39-35(41(42)43)25-23-29-21-19-27-13-7-9-15-31(27)37(29)39/h7-26H,1-6H3. The number of benzene rings is 9. The Morgan fingerprint density at radius 3 is 0.978 bits per heavy atom. The van der Waals surface area contributed by atoms with Gasteiger partial charge in [-0.25, -0.2) is 0 Å². The molecule has 0 heterocycles. The Bertz CT molecular complexity index is 2550. The van der Waals surface area contributed by atoms with Gasteiger partial charge in [-0.05, 0) is 108 Å². The fourth-order valence-electron chi connectivity index (χ4n) is 8.67. The summed E-state index contributed by atoms with van der Waals surface area (Å²) < 4.78 is 0. The van der Waals surface area contributed by atoms with E-state index in [0.29, 0.717) is 0 Å². The van der Waals surface area contributed by atoms with Crippen molar-refractivity contribution >= 4 is 86.2 Å². The molecule has 0 saturated carbocycles. The first-order valence-electron chi connectivity index (χ1n) is 16.6. The molecule has 0 radical (unpaired) electrons. The quantitative estimate of drug-likeness (QED) is 0.122. The van der Waals surface area contributed by atoms with Crippen LogP contribution in [0.4, 0.5) is 0 Å². The van der Waals surface area contributed by atoms with Crippen LogP contribution in [0.1, 0.15) is 52.7 Å². The molecule has 9 aromatic rings. The zero-order valence-corrected chi connectivity index (χ0v) is 27.5. The van der Waals surface area contributed by atoms with E-state index in [1.54, 1.807) is 0 Å². The Hall–Kier alpha value is -4.94. The molecule has 46 heavy (non-hydrogen) atoms. The van der Waals surface area contributed by atoms with Crippen LogP contribution in [0.3, 0.4) is 0 Å². The summed E-state index contributed by atoms with van der Waals surface area (Å²) in [7, 11) is 0. The third kappa shape index (κ3) is 3.68. The van der Waals surface area contributed by atoms with E-state index >= 15 is 0 Å². The van der Waals surface area contributed by atoms with E-state index < -0.39 is 0 Å². The fraction of sp³-hybridized carbons (Fsp3) is 0.174. The largest absolute Gasteiger partial charge is 0.0616 e. The third-order valence-corrected chi connectivity index (χ3v) is 10.3. The van der Waals surface area contributed by atoms with Crippen LogP contribution in [0.25, 0.3) is 86.2 Å². The van der Waals surface area contributed by atoms with E-state index in [1.807, 2.05) is 0 Å². The molecule has 222 valence electrons. The van der Waals surface area contributed by atoms with E-state index in [1.165, 1.54) is 97.3 Å². The van der Waals surface area contributed by atoms with Gasteiger partial charge in [0.15, 0.2) is 0 Å². The van der Waals surface area contributed by atoms with Crippen molar-refractivity contribution in [2.24, 2.45) is 0 Å². The molecule has 0 amide bonds. The summed E-state index contributed by atoms with van der Waals surface area (Å²) in [5.74, 6) is 0. The van der Waals surface area contributed by atoms with E-state index in [0.717, 1.165) is 0 Å². The number of hydrogen-bond acceptors (Lipinski definition) is 0. The van der Waals surface area contributed by atoms with Crippen LogP contribution in [0.5, 0.6) is 0 Å². The summed E-state index contributed by atoms with van der Waals surface area (Å²) >= 11 is 0. The lowest BCUT2D eigenvalue weighted by Gasteiger charge is -2.32. The molecule has 0 aliphatic carbocycles. The summed E-state index contributed by atoms with van der Waals surface area (Å²) in [5.41, 5.74) is 2.73. The Kier molecular flexibility index (Phi) is 5.54.